The van der Waals surface area contributed by atoms with Crippen LogP contribution in [-0.4, -0.2) is 61.7 Å². The molecule has 2 heterocycles. The van der Waals surface area contributed by atoms with Crippen LogP contribution in [0.1, 0.15) is 73.4 Å². The van der Waals surface area contributed by atoms with E-state index in [1.54, 1.807) is 31.2 Å². The number of aliphatic hydroxyl groups is 2. The highest BCUT2D eigenvalue weighted by Gasteiger charge is 2.44. The van der Waals surface area contributed by atoms with E-state index in [1.807, 2.05) is 12.1 Å². The zero-order valence-electron chi connectivity index (χ0n) is 24.5. The van der Waals surface area contributed by atoms with Crippen LogP contribution < -0.4 is 14.4 Å². The highest BCUT2D eigenvalue weighted by molar-refractivity contribution is 7.90. The van der Waals surface area contributed by atoms with Gasteiger partial charge in [0.1, 0.15) is 5.75 Å². The molecule has 6 rings (SSSR count). The van der Waals surface area contributed by atoms with Crippen molar-refractivity contribution in [1.29, 1.82) is 0 Å². The van der Waals surface area contributed by atoms with Crippen LogP contribution >= 0.6 is 11.6 Å². The van der Waals surface area contributed by atoms with Crippen molar-refractivity contribution in [1.82, 2.24) is 4.72 Å². The number of nitrogens with one attached hydrogen (secondary N) is 1. The number of benzene rings is 2. The third kappa shape index (κ3) is 6.19. The second-order valence-corrected chi connectivity index (χ2v) is 15.4. The molecule has 0 aromatic heterocycles. The Kier molecular flexibility index (Phi) is 8.54. The first kappa shape index (κ1) is 30.4. The highest BCUT2D eigenvalue weighted by atomic mass is 35.5. The van der Waals surface area contributed by atoms with E-state index in [0.29, 0.717) is 31.9 Å². The number of fused-ring (bicyclic) bond motifs is 4. The summed E-state index contributed by atoms with van der Waals surface area (Å²) in [6.07, 6.45) is 7.62. The molecule has 0 saturated heterocycles. The van der Waals surface area contributed by atoms with Gasteiger partial charge in [0.15, 0.2) is 0 Å². The number of aryl methyl sites for hydroxylation is 1. The van der Waals surface area contributed by atoms with Gasteiger partial charge in [0.05, 0.1) is 29.8 Å². The molecular formula is C33H41ClN2O6S. The second-order valence-electron chi connectivity index (χ2n) is 13.0. The molecular weight excluding hydrogens is 588 g/mol. The van der Waals surface area contributed by atoms with E-state index < -0.39 is 33.4 Å². The van der Waals surface area contributed by atoms with Gasteiger partial charge in [-0.15, -0.1) is 0 Å². The Morgan fingerprint density at radius 2 is 2.02 bits per heavy atom. The fourth-order valence-corrected chi connectivity index (χ4v) is 9.24. The monoisotopic (exact) mass is 628 g/mol. The van der Waals surface area contributed by atoms with Gasteiger partial charge in [-0.05, 0) is 112 Å². The minimum absolute atomic E-state index is 0.00425. The van der Waals surface area contributed by atoms with Crippen LogP contribution in [0.25, 0.3) is 0 Å². The van der Waals surface area contributed by atoms with Crippen molar-refractivity contribution in [3.63, 3.8) is 0 Å². The Hall–Kier alpha value is -2.59. The number of ether oxygens (including phenoxy) is 1. The van der Waals surface area contributed by atoms with Crippen molar-refractivity contribution in [2.24, 2.45) is 11.8 Å². The standard InChI is InChI=1S/C33H41ClN2O6S/c1-21(37)15-26-6-2-3-7-30(38)27-11-8-24(27)18-36-19-33(14-4-5-22-16-25(34)10-12-28(22)33)20-42-31-13-9-23(17-29(31)36)32(39)35-43(26,40)41/h3,7,9-10,12-13,16-17,21,24,26-27,30,37-38H,2,4-6,8,11,14-15,18-20H2,1H3,(H,35,39)/b7-3+/t21-,24+,26+,27-,30?,33+/m1/s1. The van der Waals surface area contributed by atoms with Gasteiger partial charge < -0.3 is 19.8 Å². The first-order valence-electron chi connectivity index (χ1n) is 15.4. The molecule has 232 valence electrons. The van der Waals surface area contributed by atoms with E-state index in [0.717, 1.165) is 42.8 Å². The van der Waals surface area contributed by atoms with Gasteiger partial charge in [-0.2, -0.15) is 0 Å². The molecule has 1 saturated carbocycles. The molecule has 1 amide bonds. The van der Waals surface area contributed by atoms with Crippen LogP contribution in [0.2, 0.25) is 5.02 Å². The smallest absolute Gasteiger partial charge is 0.264 e. The SMILES string of the molecule is C[C@@H](O)C[C@@H]1CC/C=C/C(O)[C@@H]2CC[C@H]2CN2C[C@@]3(CCCc4cc(Cl)ccc43)COc3ccc(cc32)C(=O)NS1(=O)=O. The lowest BCUT2D eigenvalue weighted by molar-refractivity contribution is 0.0456. The number of nitrogens with zero attached hydrogens (tertiary/aromatic N) is 1. The number of rotatable bonds is 2. The van der Waals surface area contributed by atoms with Crippen molar-refractivity contribution in [2.75, 3.05) is 24.6 Å². The molecule has 6 atom stereocenters. The third-order valence-corrected chi connectivity index (χ3v) is 11.9. The maximum absolute atomic E-state index is 13.4. The maximum atomic E-state index is 13.4. The number of sulfonamides is 1. The number of anilines is 1. The largest absolute Gasteiger partial charge is 0.490 e. The first-order valence-corrected chi connectivity index (χ1v) is 17.4. The normalized spacial score (nSPS) is 31.8. The van der Waals surface area contributed by atoms with E-state index in [9.17, 15) is 23.4 Å². The zero-order valence-corrected chi connectivity index (χ0v) is 26.1. The fraction of sp³-hybridized carbons (Fsp3) is 0.545. The topological polar surface area (TPSA) is 116 Å². The van der Waals surface area contributed by atoms with Gasteiger partial charge in [-0.25, -0.2) is 13.1 Å². The van der Waals surface area contributed by atoms with E-state index in [2.05, 4.69) is 21.8 Å². The average molecular weight is 629 g/mol. The quantitative estimate of drug-likeness (QED) is 0.411. The summed E-state index contributed by atoms with van der Waals surface area (Å²) in [6.45, 7) is 3.38. The van der Waals surface area contributed by atoms with E-state index >= 15 is 0 Å². The Bertz CT molecular complexity index is 1510. The molecule has 2 aromatic rings. The van der Waals surface area contributed by atoms with E-state index in [1.165, 1.54) is 11.1 Å². The summed E-state index contributed by atoms with van der Waals surface area (Å²) in [5, 5.41) is 20.9. The van der Waals surface area contributed by atoms with E-state index in [4.69, 9.17) is 16.3 Å². The zero-order chi connectivity index (χ0) is 30.4. The van der Waals surface area contributed by atoms with Crippen LogP contribution in [0.3, 0.4) is 0 Å². The van der Waals surface area contributed by atoms with E-state index in [-0.39, 0.29) is 35.7 Å². The van der Waals surface area contributed by atoms with Gasteiger partial charge in [0, 0.05) is 29.1 Å². The molecule has 1 spiro atoms. The Morgan fingerprint density at radius 1 is 1.19 bits per heavy atom. The molecule has 4 aliphatic rings. The average Bonchev–Trinajstić information content (AvgIpc) is 3.08. The van der Waals surface area contributed by atoms with Crippen molar-refractivity contribution in [3.8, 4) is 5.75 Å². The molecule has 2 bridgehead atoms. The van der Waals surface area contributed by atoms with Gasteiger partial charge >= 0.3 is 0 Å². The summed E-state index contributed by atoms with van der Waals surface area (Å²) in [7, 11) is -4.08. The van der Waals surface area contributed by atoms with Crippen LogP contribution in [0.4, 0.5) is 5.69 Å². The minimum atomic E-state index is -4.08. The fourth-order valence-electron chi connectivity index (χ4n) is 7.52. The maximum Gasteiger partial charge on any atom is 0.264 e. The number of hydrogen-bond acceptors (Lipinski definition) is 7. The van der Waals surface area contributed by atoms with Gasteiger partial charge in [-0.3, -0.25) is 4.79 Å². The highest BCUT2D eigenvalue weighted by Crippen LogP contribution is 2.46. The van der Waals surface area contributed by atoms with Crippen LogP contribution in [0, 0.1) is 11.8 Å². The number of amides is 1. The number of aliphatic hydroxyl groups excluding tert-OH is 2. The summed E-state index contributed by atoms with van der Waals surface area (Å²) in [6, 6.07) is 11.2. The van der Waals surface area contributed by atoms with Crippen LogP contribution in [0.15, 0.2) is 48.6 Å². The summed E-state index contributed by atoms with van der Waals surface area (Å²) in [4.78, 5) is 15.7. The van der Waals surface area contributed by atoms with Gasteiger partial charge in [0.2, 0.25) is 10.0 Å². The number of allylic oxidation sites excluding steroid dienone is 1. The molecule has 8 nitrogen and oxygen atoms in total. The molecule has 2 aromatic carbocycles. The lowest BCUT2D eigenvalue weighted by Crippen LogP contribution is -2.49. The predicted molar refractivity (Wildman–Crippen MR) is 167 cm³/mol. The number of hydrogen-bond donors (Lipinski definition) is 3. The molecule has 3 N–H and O–H groups in total. The molecule has 43 heavy (non-hydrogen) atoms. The molecule has 2 aliphatic carbocycles. The van der Waals surface area contributed by atoms with Crippen molar-refractivity contribution in [3.05, 3.63) is 70.3 Å². The third-order valence-electron chi connectivity index (χ3n) is 9.94. The summed E-state index contributed by atoms with van der Waals surface area (Å²) >= 11 is 6.38. The molecule has 10 heteroatoms. The lowest BCUT2D eigenvalue weighted by atomic mass is 9.68. The molecule has 1 fully saturated rings. The van der Waals surface area contributed by atoms with Crippen LogP contribution in [0.5, 0.6) is 5.75 Å². The molecule has 1 unspecified atom stereocenters. The molecule has 2 aliphatic heterocycles. The first-order chi connectivity index (χ1) is 20.5. The number of carbonyl (C=O) groups excluding carboxylic acids is 1. The number of carbonyl (C=O) groups is 1. The van der Waals surface area contributed by atoms with Crippen molar-refractivity contribution >= 4 is 33.2 Å². The summed E-state index contributed by atoms with van der Waals surface area (Å²) in [5.41, 5.74) is 3.18. The van der Waals surface area contributed by atoms with Crippen molar-refractivity contribution in [2.45, 2.75) is 81.2 Å². The summed E-state index contributed by atoms with van der Waals surface area (Å²) < 4.78 is 35.5. The molecule has 0 radical (unpaired) electrons. The van der Waals surface area contributed by atoms with Gasteiger partial charge in [-0.1, -0.05) is 29.8 Å². The minimum Gasteiger partial charge on any atom is -0.490 e. The van der Waals surface area contributed by atoms with Crippen LogP contribution in [-0.2, 0) is 21.9 Å². The number of halogens is 1. The Balaban J connectivity index is 1.41. The second kappa shape index (κ2) is 12.1. The Labute approximate surface area is 259 Å². The summed E-state index contributed by atoms with van der Waals surface area (Å²) in [5.74, 6) is 0.301. The Morgan fingerprint density at radius 3 is 2.79 bits per heavy atom. The van der Waals surface area contributed by atoms with Gasteiger partial charge in [0.25, 0.3) is 5.91 Å². The lowest BCUT2D eigenvalue weighted by Gasteiger charge is -2.45. The predicted octanol–water partition coefficient (Wildman–Crippen LogP) is 4.75. The van der Waals surface area contributed by atoms with Crippen molar-refractivity contribution < 1.29 is 28.2 Å².